The molecule has 1 aromatic rings. The Hall–Kier alpha value is -1.13. The Labute approximate surface area is 96.3 Å². The number of anilines is 1. The minimum Gasteiger partial charge on any atom is -0.393 e. The van der Waals surface area contributed by atoms with Crippen LogP contribution in [-0.4, -0.2) is 36.3 Å². The molecule has 0 saturated carbocycles. The second kappa shape index (κ2) is 5.27. The molecular weight excluding hydrogens is 202 g/mol. The van der Waals surface area contributed by atoms with Crippen molar-refractivity contribution in [2.75, 3.05) is 25.0 Å². The number of aliphatic hydroxyl groups is 1. The van der Waals surface area contributed by atoms with Gasteiger partial charge in [0.25, 0.3) is 0 Å². The van der Waals surface area contributed by atoms with Gasteiger partial charge in [-0.15, -0.1) is 0 Å². The van der Waals surface area contributed by atoms with Crippen LogP contribution < -0.4 is 10.2 Å². The number of nitrogens with zero attached hydrogens (tertiary/aromatic N) is 2. The molecule has 1 aliphatic rings. The van der Waals surface area contributed by atoms with Gasteiger partial charge in [0.2, 0.25) is 0 Å². The highest BCUT2D eigenvalue weighted by atomic mass is 16.3. The molecule has 0 radical (unpaired) electrons. The summed E-state index contributed by atoms with van der Waals surface area (Å²) in [5, 5.41) is 12.5. The van der Waals surface area contributed by atoms with Gasteiger partial charge in [0.05, 0.1) is 6.10 Å². The van der Waals surface area contributed by atoms with Gasteiger partial charge in [0.1, 0.15) is 5.82 Å². The van der Waals surface area contributed by atoms with E-state index >= 15 is 0 Å². The topological polar surface area (TPSA) is 48.4 Å². The van der Waals surface area contributed by atoms with E-state index < -0.39 is 0 Å². The molecule has 0 atom stereocenters. The molecule has 0 bridgehead atoms. The van der Waals surface area contributed by atoms with Gasteiger partial charge in [-0.1, -0.05) is 6.07 Å². The number of rotatable bonds is 3. The van der Waals surface area contributed by atoms with Gasteiger partial charge in [-0.05, 0) is 31.5 Å². The quantitative estimate of drug-likeness (QED) is 0.791. The molecular formula is C12H19N3O. The third kappa shape index (κ3) is 2.71. The van der Waals surface area contributed by atoms with Crippen LogP contribution in [0.1, 0.15) is 18.4 Å². The van der Waals surface area contributed by atoms with Crippen LogP contribution in [0.3, 0.4) is 0 Å². The molecule has 1 saturated heterocycles. The number of nitrogens with one attached hydrogen (secondary N) is 1. The van der Waals surface area contributed by atoms with Crippen molar-refractivity contribution in [3.8, 4) is 0 Å². The minimum absolute atomic E-state index is 0.125. The van der Waals surface area contributed by atoms with Crippen molar-refractivity contribution < 1.29 is 5.11 Å². The number of pyridine rings is 1. The maximum Gasteiger partial charge on any atom is 0.128 e. The second-order valence-electron chi connectivity index (χ2n) is 4.27. The molecule has 0 spiro atoms. The molecule has 4 nitrogen and oxygen atoms in total. The summed E-state index contributed by atoms with van der Waals surface area (Å²) >= 11 is 0. The van der Waals surface area contributed by atoms with Crippen LogP contribution in [0.15, 0.2) is 18.3 Å². The molecule has 1 fully saturated rings. The van der Waals surface area contributed by atoms with E-state index in [2.05, 4.69) is 27.3 Å². The Balaban J connectivity index is 1.98. The minimum atomic E-state index is -0.125. The van der Waals surface area contributed by atoms with E-state index in [0.717, 1.165) is 38.3 Å². The molecule has 88 valence electrons. The standard InChI is InChI=1S/C12H19N3O/c1-13-8-10-2-3-12(14-9-10)15-6-4-11(16)5-7-15/h2-3,9,11,13,16H,4-8H2,1H3. The second-order valence-corrected chi connectivity index (χ2v) is 4.27. The average Bonchev–Trinajstić information content (AvgIpc) is 2.32. The lowest BCUT2D eigenvalue weighted by Crippen LogP contribution is -2.36. The van der Waals surface area contributed by atoms with Crippen molar-refractivity contribution in [2.45, 2.75) is 25.5 Å². The highest BCUT2D eigenvalue weighted by Gasteiger charge is 2.17. The van der Waals surface area contributed by atoms with Crippen LogP contribution in [0, 0.1) is 0 Å². The summed E-state index contributed by atoms with van der Waals surface area (Å²) in [6.07, 6.45) is 3.48. The summed E-state index contributed by atoms with van der Waals surface area (Å²) < 4.78 is 0. The number of aromatic nitrogens is 1. The lowest BCUT2D eigenvalue weighted by Gasteiger charge is -2.30. The van der Waals surface area contributed by atoms with E-state index in [9.17, 15) is 5.11 Å². The first-order chi connectivity index (χ1) is 7.79. The zero-order chi connectivity index (χ0) is 11.4. The lowest BCUT2D eigenvalue weighted by atomic mass is 10.1. The Morgan fingerprint density at radius 2 is 2.19 bits per heavy atom. The van der Waals surface area contributed by atoms with E-state index in [4.69, 9.17) is 0 Å². The first kappa shape index (κ1) is 11.4. The van der Waals surface area contributed by atoms with E-state index in [0.29, 0.717) is 0 Å². The molecule has 0 amide bonds. The molecule has 4 heteroatoms. The zero-order valence-electron chi connectivity index (χ0n) is 9.69. The third-order valence-corrected chi connectivity index (χ3v) is 2.98. The molecule has 2 N–H and O–H groups in total. The molecule has 2 heterocycles. The molecule has 1 aliphatic heterocycles. The van der Waals surface area contributed by atoms with Crippen molar-refractivity contribution in [1.82, 2.24) is 10.3 Å². The Morgan fingerprint density at radius 3 is 2.75 bits per heavy atom. The fourth-order valence-corrected chi connectivity index (χ4v) is 2.01. The highest BCUT2D eigenvalue weighted by Crippen LogP contribution is 2.17. The van der Waals surface area contributed by atoms with Crippen molar-refractivity contribution >= 4 is 5.82 Å². The fourth-order valence-electron chi connectivity index (χ4n) is 2.01. The van der Waals surface area contributed by atoms with Gasteiger partial charge in [-0.25, -0.2) is 4.98 Å². The molecule has 2 rings (SSSR count). The van der Waals surface area contributed by atoms with Crippen LogP contribution in [-0.2, 0) is 6.54 Å². The van der Waals surface area contributed by atoms with E-state index in [1.165, 1.54) is 5.56 Å². The molecule has 0 aromatic carbocycles. The van der Waals surface area contributed by atoms with Gasteiger partial charge < -0.3 is 15.3 Å². The smallest absolute Gasteiger partial charge is 0.128 e. The number of hydrogen-bond donors (Lipinski definition) is 2. The summed E-state index contributed by atoms with van der Waals surface area (Å²) in [5.41, 5.74) is 1.20. The highest BCUT2D eigenvalue weighted by molar-refractivity contribution is 5.39. The molecule has 1 aromatic heterocycles. The maximum absolute atomic E-state index is 9.43. The van der Waals surface area contributed by atoms with E-state index in [-0.39, 0.29) is 6.10 Å². The summed E-state index contributed by atoms with van der Waals surface area (Å²) in [5.74, 6) is 1.02. The number of aliphatic hydroxyl groups excluding tert-OH is 1. The van der Waals surface area contributed by atoms with Gasteiger partial charge in [-0.2, -0.15) is 0 Å². The lowest BCUT2D eigenvalue weighted by molar-refractivity contribution is 0.145. The van der Waals surface area contributed by atoms with Crippen molar-refractivity contribution in [2.24, 2.45) is 0 Å². The van der Waals surface area contributed by atoms with Crippen LogP contribution in [0.25, 0.3) is 0 Å². The normalized spacial score (nSPS) is 17.8. The fraction of sp³-hybridized carbons (Fsp3) is 0.583. The molecule has 0 aliphatic carbocycles. The summed E-state index contributed by atoms with van der Waals surface area (Å²) in [4.78, 5) is 6.68. The predicted molar refractivity (Wildman–Crippen MR) is 64.5 cm³/mol. The molecule has 16 heavy (non-hydrogen) atoms. The Bertz CT molecular complexity index is 318. The first-order valence-corrected chi connectivity index (χ1v) is 5.82. The van der Waals surface area contributed by atoms with Crippen LogP contribution >= 0.6 is 0 Å². The van der Waals surface area contributed by atoms with Gasteiger partial charge in [0, 0.05) is 25.8 Å². The van der Waals surface area contributed by atoms with Crippen molar-refractivity contribution in [3.05, 3.63) is 23.9 Å². The van der Waals surface area contributed by atoms with Crippen LogP contribution in [0.4, 0.5) is 5.82 Å². The van der Waals surface area contributed by atoms with Crippen molar-refractivity contribution in [1.29, 1.82) is 0 Å². The summed E-state index contributed by atoms with van der Waals surface area (Å²) in [6, 6.07) is 4.16. The summed E-state index contributed by atoms with van der Waals surface area (Å²) in [6.45, 7) is 2.66. The monoisotopic (exact) mass is 221 g/mol. The first-order valence-electron chi connectivity index (χ1n) is 5.82. The van der Waals surface area contributed by atoms with Gasteiger partial charge >= 0.3 is 0 Å². The predicted octanol–water partition coefficient (Wildman–Crippen LogP) is 0.762. The maximum atomic E-state index is 9.43. The largest absolute Gasteiger partial charge is 0.393 e. The average molecular weight is 221 g/mol. The SMILES string of the molecule is CNCc1ccc(N2CCC(O)CC2)nc1. The third-order valence-electron chi connectivity index (χ3n) is 2.98. The van der Waals surface area contributed by atoms with E-state index in [1.54, 1.807) is 0 Å². The molecule has 0 unspecified atom stereocenters. The van der Waals surface area contributed by atoms with E-state index in [1.807, 2.05) is 13.2 Å². The van der Waals surface area contributed by atoms with Gasteiger partial charge in [-0.3, -0.25) is 0 Å². The zero-order valence-corrected chi connectivity index (χ0v) is 9.69. The van der Waals surface area contributed by atoms with Gasteiger partial charge in [0.15, 0.2) is 0 Å². The Kier molecular flexibility index (Phi) is 3.74. The van der Waals surface area contributed by atoms with Crippen LogP contribution in [0.5, 0.6) is 0 Å². The summed E-state index contributed by atoms with van der Waals surface area (Å²) in [7, 11) is 1.93. The number of piperidine rings is 1. The Morgan fingerprint density at radius 1 is 1.44 bits per heavy atom. The van der Waals surface area contributed by atoms with Crippen LogP contribution in [0.2, 0.25) is 0 Å². The number of hydrogen-bond acceptors (Lipinski definition) is 4. The van der Waals surface area contributed by atoms with Crippen molar-refractivity contribution in [3.63, 3.8) is 0 Å².